The van der Waals surface area contributed by atoms with Crippen LogP contribution in [0, 0.1) is 0 Å². The molecule has 1 heterocycles. The summed E-state index contributed by atoms with van der Waals surface area (Å²) in [5.74, 6) is -2.32. The van der Waals surface area contributed by atoms with Crippen LogP contribution in [0.25, 0.3) is 22.3 Å². The highest BCUT2D eigenvalue weighted by Crippen LogP contribution is 2.38. The summed E-state index contributed by atoms with van der Waals surface area (Å²) >= 11 is 0. The van der Waals surface area contributed by atoms with E-state index < -0.39 is 28.4 Å². The summed E-state index contributed by atoms with van der Waals surface area (Å²) in [4.78, 5) is 33.9. The first-order valence-corrected chi connectivity index (χ1v) is 7.03. The molecule has 3 rings (SSSR count). The van der Waals surface area contributed by atoms with Gasteiger partial charge in [0.2, 0.25) is 11.2 Å². The van der Waals surface area contributed by atoms with E-state index in [-0.39, 0.29) is 41.0 Å². The van der Waals surface area contributed by atoms with Crippen LogP contribution in [-0.2, 0) is 9.59 Å². The van der Waals surface area contributed by atoms with Gasteiger partial charge in [-0.25, -0.2) is 0 Å². The van der Waals surface area contributed by atoms with Crippen LogP contribution in [0.2, 0.25) is 0 Å². The van der Waals surface area contributed by atoms with E-state index in [1.54, 1.807) is 0 Å². The first kappa shape index (κ1) is 16.8. The molecular formula is C17H10O9. The second-order valence-corrected chi connectivity index (χ2v) is 5.04. The number of carbonyl (C=O) groups excluding carboxylic acids is 2. The lowest BCUT2D eigenvalue weighted by atomic mass is 10.1. The fraction of sp³-hybridized carbons (Fsp3) is 0. The van der Waals surface area contributed by atoms with Crippen LogP contribution in [0.5, 0.6) is 28.7 Å². The molecule has 0 amide bonds. The van der Waals surface area contributed by atoms with Crippen LogP contribution in [-0.4, -0.2) is 28.3 Å². The quantitative estimate of drug-likeness (QED) is 0.458. The molecule has 0 aliphatic heterocycles. The van der Waals surface area contributed by atoms with Crippen molar-refractivity contribution in [3.63, 3.8) is 0 Å². The molecule has 0 atom stereocenters. The van der Waals surface area contributed by atoms with Gasteiger partial charge in [0, 0.05) is 17.7 Å². The molecule has 2 aromatic carbocycles. The molecule has 9 nitrogen and oxygen atoms in total. The number of carbonyl (C=O) groups is 2. The van der Waals surface area contributed by atoms with Gasteiger partial charge in [-0.05, 0) is 18.2 Å². The third kappa shape index (κ3) is 2.77. The number of aromatic hydroxyl groups is 3. The maximum atomic E-state index is 12.6. The monoisotopic (exact) mass is 358 g/mol. The van der Waals surface area contributed by atoms with Gasteiger partial charge in [0.15, 0.2) is 17.3 Å². The Kier molecular flexibility index (Phi) is 4.19. The molecule has 0 spiro atoms. The van der Waals surface area contributed by atoms with Crippen molar-refractivity contribution in [2.75, 3.05) is 0 Å². The molecule has 3 N–H and O–H groups in total. The van der Waals surface area contributed by atoms with E-state index in [0.717, 1.165) is 18.2 Å². The van der Waals surface area contributed by atoms with E-state index in [1.165, 1.54) is 12.1 Å². The molecule has 26 heavy (non-hydrogen) atoms. The Morgan fingerprint density at radius 2 is 1.62 bits per heavy atom. The predicted octanol–water partition coefficient (Wildman–Crippen LogP) is 1.65. The minimum absolute atomic E-state index is 0.00275. The fourth-order valence-corrected chi connectivity index (χ4v) is 2.39. The molecule has 0 bridgehead atoms. The highest BCUT2D eigenvalue weighted by atomic mass is 16.5. The lowest BCUT2D eigenvalue weighted by Gasteiger charge is -2.10. The van der Waals surface area contributed by atoms with Crippen molar-refractivity contribution in [2.24, 2.45) is 0 Å². The van der Waals surface area contributed by atoms with Gasteiger partial charge in [-0.1, -0.05) is 0 Å². The summed E-state index contributed by atoms with van der Waals surface area (Å²) in [7, 11) is 0. The molecule has 9 heteroatoms. The zero-order chi connectivity index (χ0) is 18.8. The molecule has 132 valence electrons. The Balaban J connectivity index is 2.37. The lowest BCUT2D eigenvalue weighted by molar-refractivity contribution is -0.121. The highest BCUT2D eigenvalue weighted by molar-refractivity contribution is 5.89. The van der Waals surface area contributed by atoms with Crippen LogP contribution in [0.1, 0.15) is 0 Å². The van der Waals surface area contributed by atoms with Gasteiger partial charge in [0.1, 0.15) is 22.5 Å². The van der Waals surface area contributed by atoms with Crippen molar-refractivity contribution in [1.82, 2.24) is 0 Å². The van der Waals surface area contributed by atoms with Crippen LogP contribution in [0.3, 0.4) is 0 Å². The Morgan fingerprint density at radius 1 is 0.885 bits per heavy atom. The molecule has 0 radical (unpaired) electrons. The highest BCUT2D eigenvalue weighted by Gasteiger charge is 2.21. The van der Waals surface area contributed by atoms with Crippen LogP contribution in [0.15, 0.2) is 39.5 Å². The van der Waals surface area contributed by atoms with Crippen molar-refractivity contribution in [2.45, 2.75) is 0 Å². The smallest absolute Gasteiger partial charge is 0.298 e. The van der Waals surface area contributed by atoms with Gasteiger partial charge in [0.25, 0.3) is 12.9 Å². The van der Waals surface area contributed by atoms with E-state index in [9.17, 15) is 29.7 Å². The third-order valence-electron chi connectivity index (χ3n) is 3.49. The molecule has 3 aromatic rings. The summed E-state index contributed by atoms with van der Waals surface area (Å²) in [6.07, 6.45) is 0. The fourth-order valence-electron chi connectivity index (χ4n) is 2.39. The molecule has 1 aromatic heterocycles. The molecule has 0 aliphatic carbocycles. The maximum Gasteiger partial charge on any atom is 0.298 e. The topological polar surface area (TPSA) is 144 Å². The summed E-state index contributed by atoms with van der Waals surface area (Å²) in [5.41, 5.74) is -0.916. The average molecular weight is 358 g/mol. The van der Waals surface area contributed by atoms with Crippen LogP contribution >= 0.6 is 0 Å². The van der Waals surface area contributed by atoms with Crippen molar-refractivity contribution >= 4 is 23.9 Å². The van der Waals surface area contributed by atoms with Gasteiger partial charge in [0.05, 0.1) is 0 Å². The first-order valence-electron chi connectivity index (χ1n) is 7.03. The zero-order valence-electron chi connectivity index (χ0n) is 12.8. The van der Waals surface area contributed by atoms with E-state index in [4.69, 9.17) is 9.15 Å². The minimum atomic E-state index is -0.865. The maximum absolute atomic E-state index is 12.6. The standard InChI is InChI=1S/C17H10O9/c18-6-24-9-4-12(22)14-13(5-9)26-16(17(15(14)23)25-7-19)8-1-2-10(20)11(21)3-8/h1-7,20-22H. The molecule has 0 fully saturated rings. The third-order valence-corrected chi connectivity index (χ3v) is 3.49. The summed E-state index contributed by atoms with van der Waals surface area (Å²) in [6.45, 7) is 0.129. The number of hydrogen-bond donors (Lipinski definition) is 3. The average Bonchev–Trinajstić information content (AvgIpc) is 2.59. The van der Waals surface area contributed by atoms with Crippen molar-refractivity contribution in [1.29, 1.82) is 0 Å². The molecular weight excluding hydrogens is 348 g/mol. The molecule has 0 saturated carbocycles. The molecule has 0 aliphatic rings. The van der Waals surface area contributed by atoms with Gasteiger partial charge in [-0.15, -0.1) is 0 Å². The van der Waals surface area contributed by atoms with E-state index in [2.05, 4.69) is 4.74 Å². The van der Waals surface area contributed by atoms with E-state index in [0.29, 0.717) is 0 Å². The second-order valence-electron chi connectivity index (χ2n) is 5.04. The molecule has 0 saturated heterocycles. The van der Waals surface area contributed by atoms with E-state index >= 15 is 0 Å². The van der Waals surface area contributed by atoms with Crippen molar-refractivity contribution in [3.8, 4) is 40.1 Å². The summed E-state index contributed by atoms with van der Waals surface area (Å²) in [5, 5.41) is 28.8. The number of hydrogen-bond acceptors (Lipinski definition) is 9. The normalized spacial score (nSPS) is 10.5. The van der Waals surface area contributed by atoms with Crippen molar-refractivity contribution in [3.05, 3.63) is 40.6 Å². The Morgan fingerprint density at radius 3 is 2.27 bits per heavy atom. The summed E-state index contributed by atoms with van der Waals surface area (Å²) < 4.78 is 14.9. The Labute approximate surface area is 144 Å². The second kappa shape index (κ2) is 6.48. The number of benzene rings is 2. The number of ether oxygens (including phenoxy) is 2. The number of rotatable bonds is 5. The van der Waals surface area contributed by atoms with Gasteiger partial charge < -0.3 is 29.2 Å². The van der Waals surface area contributed by atoms with Crippen molar-refractivity contribution < 1.29 is 38.8 Å². The van der Waals surface area contributed by atoms with Gasteiger partial charge in [-0.3, -0.25) is 14.4 Å². The molecule has 0 unspecified atom stereocenters. The number of phenols is 3. The number of phenolic OH excluding ortho intramolecular Hbond substituents is 3. The SMILES string of the molecule is O=COc1cc(O)c2c(=O)c(OC=O)c(-c3ccc(O)c(O)c3)oc2c1. The Bertz CT molecular complexity index is 1080. The number of fused-ring (bicyclic) bond motifs is 1. The Hall–Kier alpha value is -4.01. The minimum Gasteiger partial charge on any atom is -0.507 e. The largest absolute Gasteiger partial charge is 0.507 e. The van der Waals surface area contributed by atoms with Crippen LogP contribution in [0.4, 0.5) is 0 Å². The van der Waals surface area contributed by atoms with Gasteiger partial charge >= 0.3 is 0 Å². The first-order chi connectivity index (χ1) is 12.5. The summed E-state index contributed by atoms with van der Waals surface area (Å²) in [6, 6.07) is 5.73. The van der Waals surface area contributed by atoms with Gasteiger partial charge in [-0.2, -0.15) is 0 Å². The van der Waals surface area contributed by atoms with Crippen LogP contribution < -0.4 is 14.9 Å². The zero-order valence-corrected chi connectivity index (χ0v) is 12.8. The lowest BCUT2D eigenvalue weighted by Crippen LogP contribution is -2.09. The predicted molar refractivity (Wildman–Crippen MR) is 86.3 cm³/mol. The van der Waals surface area contributed by atoms with E-state index in [1.807, 2.05) is 0 Å².